The van der Waals surface area contributed by atoms with Crippen LogP contribution in [0.4, 0.5) is 0 Å². The lowest BCUT2D eigenvalue weighted by atomic mass is 9.86. The first-order chi connectivity index (χ1) is 8.66. The van der Waals surface area contributed by atoms with Gasteiger partial charge < -0.3 is 10.6 Å². The molecule has 3 nitrogen and oxygen atoms in total. The molecule has 0 heterocycles. The summed E-state index contributed by atoms with van der Waals surface area (Å²) in [5.74, 6) is -0.0695. The Morgan fingerprint density at radius 1 is 1.32 bits per heavy atom. The van der Waals surface area contributed by atoms with Crippen LogP contribution in [0.2, 0.25) is 5.02 Å². The zero-order chi connectivity index (χ0) is 14.8. The fourth-order valence-electron chi connectivity index (χ4n) is 1.80. The molecule has 106 valence electrons. The van der Waals surface area contributed by atoms with Gasteiger partial charge >= 0.3 is 0 Å². The van der Waals surface area contributed by atoms with Crippen LogP contribution in [-0.2, 0) is 4.79 Å². The Bertz CT molecular complexity index is 454. The van der Waals surface area contributed by atoms with E-state index in [0.29, 0.717) is 5.02 Å². The molecule has 1 rings (SSSR count). The second kappa shape index (κ2) is 5.93. The summed E-state index contributed by atoms with van der Waals surface area (Å²) in [5.41, 5.74) is 6.70. The van der Waals surface area contributed by atoms with E-state index in [-0.39, 0.29) is 17.4 Å². The highest BCUT2D eigenvalue weighted by atomic mass is 35.5. The molecule has 0 saturated carbocycles. The van der Waals surface area contributed by atoms with Gasteiger partial charge in [0.25, 0.3) is 0 Å². The van der Waals surface area contributed by atoms with Crippen LogP contribution >= 0.6 is 11.6 Å². The molecule has 2 N–H and O–H groups in total. The molecule has 1 aromatic carbocycles. The summed E-state index contributed by atoms with van der Waals surface area (Å²) >= 11 is 6.17. The van der Waals surface area contributed by atoms with E-state index in [1.165, 1.54) is 0 Å². The molecule has 0 aliphatic heterocycles. The van der Waals surface area contributed by atoms with Crippen LogP contribution in [0.3, 0.4) is 0 Å². The fraction of sp³-hybridized carbons (Fsp3) is 0.533. The SMILES string of the molecule is CC(c1ccccc1Cl)N(C)C(=O)C(N)C(C)(C)C. The molecule has 1 aromatic rings. The van der Waals surface area contributed by atoms with Gasteiger partial charge in [-0.1, -0.05) is 50.6 Å². The molecule has 0 spiro atoms. The molecule has 0 saturated heterocycles. The monoisotopic (exact) mass is 282 g/mol. The number of hydrogen-bond acceptors (Lipinski definition) is 2. The number of rotatable bonds is 3. The van der Waals surface area contributed by atoms with Crippen molar-refractivity contribution in [3.63, 3.8) is 0 Å². The summed E-state index contributed by atoms with van der Waals surface area (Å²) < 4.78 is 0. The molecule has 2 unspecified atom stereocenters. The predicted octanol–water partition coefficient (Wildman–Crippen LogP) is 3.23. The lowest BCUT2D eigenvalue weighted by molar-refractivity contribution is -0.135. The van der Waals surface area contributed by atoms with E-state index in [9.17, 15) is 4.79 Å². The molecular weight excluding hydrogens is 260 g/mol. The van der Waals surface area contributed by atoms with Crippen molar-refractivity contribution in [1.29, 1.82) is 0 Å². The first kappa shape index (κ1) is 16.0. The molecule has 0 aromatic heterocycles. The van der Waals surface area contributed by atoms with Gasteiger partial charge in [-0.2, -0.15) is 0 Å². The van der Waals surface area contributed by atoms with Crippen molar-refractivity contribution >= 4 is 17.5 Å². The zero-order valence-corrected chi connectivity index (χ0v) is 13.0. The van der Waals surface area contributed by atoms with Crippen molar-refractivity contribution in [3.8, 4) is 0 Å². The number of carbonyl (C=O) groups excluding carboxylic acids is 1. The Morgan fingerprint density at radius 2 is 1.84 bits per heavy atom. The van der Waals surface area contributed by atoms with Crippen LogP contribution in [0.25, 0.3) is 0 Å². The van der Waals surface area contributed by atoms with Crippen molar-refractivity contribution in [3.05, 3.63) is 34.9 Å². The summed E-state index contributed by atoms with van der Waals surface area (Å²) in [7, 11) is 1.77. The lowest BCUT2D eigenvalue weighted by Gasteiger charge is -2.33. The standard InChI is InChI=1S/C15H23ClN2O/c1-10(11-8-6-7-9-12(11)16)18(5)14(19)13(17)15(2,3)4/h6-10,13H,17H2,1-5H3. The second-order valence-corrected chi connectivity index (χ2v) is 6.40. The van der Waals surface area contributed by atoms with Gasteiger partial charge in [0.15, 0.2) is 0 Å². The van der Waals surface area contributed by atoms with Gasteiger partial charge in [-0.05, 0) is 24.0 Å². The fourth-order valence-corrected chi connectivity index (χ4v) is 2.10. The maximum atomic E-state index is 12.4. The Kier molecular flexibility index (Phi) is 4.99. The highest BCUT2D eigenvalue weighted by Crippen LogP contribution is 2.28. The zero-order valence-electron chi connectivity index (χ0n) is 12.3. The number of carbonyl (C=O) groups is 1. The molecule has 0 radical (unpaired) electrons. The minimum Gasteiger partial charge on any atom is -0.338 e. The van der Waals surface area contributed by atoms with Crippen LogP contribution in [0.5, 0.6) is 0 Å². The molecule has 0 bridgehead atoms. The molecular formula is C15H23ClN2O. The normalized spacial score (nSPS) is 14.9. The third-order valence-corrected chi connectivity index (χ3v) is 3.83. The van der Waals surface area contributed by atoms with E-state index >= 15 is 0 Å². The van der Waals surface area contributed by atoms with Crippen LogP contribution in [-0.4, -0.2) is 23.9 Å². The van der Waals surface area contributed by atoms with E-state index in [1.807, 2.05) is 52.0 Å². The van der Waals surface area contributed by atoms with Crippen molar-refractivity contribution in [2.45, 2.75) is 39.8 Å². The molecule has 0 fully saturated rings. The number of benzene rings is 1. The number of likely N-dealkylation sites (N-methyl/N-ethyl adjacent to an activating group) is 1. The van der Waals surface area contributed by atoms with Gasteiger partial charge in [0.2, 0.25) is 5.91 Å². The summed E-state index contributed by atoms with van der Waals surface area (Å²) in [6, 6.07) is 6.92. The Labute approximate surface area is 120 Å². The first-order valence-electron chi connectivity index (χ1n) is 6.43. The van der Waals surface area contributed by atoms with Crippen LogP contribution in [0.15, 0.2) is 24.3 Å². The largest absolute Gasteiger partial charge is 0.338 e. The van der Waals surface area contributed by atoms with E-state index in [2.05, 4.69) is 0 Å². The second-order valence-electron chi connectivity index (χ2n) is 5.99. The topological polar surface area (TPSA) is 46.3 Å². The molecule has 19 heavy (non-hydrogen) atoms. The van der Waals surface area contributed by atoms with E-state index in [4.69, 9.17) is 17.3 Å². The molecule has 0 aliphatic carbocycles. The predicted molar refractivity (Wildman–Crippen MR) is 80.1 cm³/mol. The summed E-state index contributed by atoms with van der Waals surface area (Å²) in [4.78, 5) is 14.0. The van der Waals surface area contributed by atoms with E-state index in [0.717, 1.165) is 5.56 Å². The minimum absolute atomic E-state index is 0.0695. The van der Waals surface area contributed by atoms with E-state index in [1.54, 1.807) is 11.9 Å². The van der Waals surface area contributed by atoms with Crippen molar-refractivity contribution in [2.24, 2.45) is 11.1 Å². The average molecular weight is 283 g/mol. The number of hydrogen-bond donors (Lipinski definition) is 1. The van der Waals surface area contributed by atoms with Gasteiger partial charge in [-0.15, -0.1) is 0 Å². The summed E-state index contributed by atoms with van der Waals surface area (Å²) in [6.45, 7) is 7.84. The average Bonchev–Trinajstić information content (AvgIpc) is 2.34. The Morgan fingerprint density at radius 3 is 2.32 bits per heavy atom. The maximum absolute atomic E-state index is 12.4. The summed E-state index contributed by atoms with van der Waals surface area (Å²) in [6.07, 6.45) is 0. The van der Waals surface area contributed by atoms with Crippen molar-refractivity contribution < 1.29 is 4.79 Å². The number of halogens is 1. The molecule has 2 atom stereocenters. The first-order valence-corrected chi connectivity index (χ1v) is 6.80. The maximum Gasteiger partial charge on any atom is 0.240 e. The number of nitrogens with zero attached hydrogens (tertiary/aromatic N) is 1. The van der Waals surface area contributed by atoms with Gasteiger partial charge in [0, 0.05) is 12.1 Å². The van der Waals surface area contributed by atoms with Crippen molar-refractivity contribution in [1.82, 2.24) is 4.90 Å². The van der Waals surface area contributed by atoms with E-state index < -0.39 is 6.04 Å². The van der Waals surface area contributed by atoms with Gasteiger partial charge in [-0.3, -0.25) is 4.79 Å². The number of nitrogens with two attached hydrogens (primary N) is 1. The van der Waals surface area contributed by atoms with Gasteiger partial charge in [0.05, 0.1) is 12.1 Å². The minimum atomic E-state index is -0.526. The molecule has 1 amide bonds. The van der Waals surface area contributed by atoms with Crippen LogP contribution < -0.4 is 5.73 Å². The smallest absolute Gasteiger partial charge is 0.240 e. The highest BCUT2D eigenvalue weighted by Gasteiger charge is 2.31. The van der Waals surface area contributed by atoms with Gasteiger partial charge in [-0.25, -0.2) is 0 Å². The van der Waals surface area contributed by atoms with Gasteiger partial charge in [0.1, 0.15) is 0 Å². The third-order valence-electron chi connectivity index (χ3n) is 3.48. The Balaban J connectivity index is 2.92. The third kappa shape index (κ3) is 3.71. The lowest BCUT2D eigenvalue weighted by Crippen LogP contribution is -2.49. The van der Waals surface area contributed by atoms with Crippen LogP contribution in [0, 0.1) is 5.41 Å². The van der Waals surface area contributed by atoms with Crippen molar-refractivity contribution in [2.75, 3.05) is 7.05 Å². The quantitative estimate of drug-likeness (QED) is 0.925. The molecule has 0 aliphatic rings. The van der Waals surface area contributed by atoms with Crippen LogP contribution in [0.1, 0.15) is 39.3 Å². The Hall–Kier alpha value is -1.06. The number of amides is 1. The highest BCUT2D eigenvalue weighted by molar-refractivity contribution is 6.31. The summed E-state index contributed by atoms with van der Waals surface area (Å²) in [5, 5.41) is 0.666. The molecule has 4 heteroatoms.